The molecule has 0 atom stereocenters. The lowest BCUT2D eigenvalue weighted by Crippen LogP contribution is -2.37. The first kappa shape index (κ1) is 17.7. The van der Waals surface area contributed by atoms with E-state index in [-0.39, 0.29) is 12.6 Å². The number of aliphatic imine (C=N–C) groups is 1. The molecule has 6 heteroatoms. The minimum absolute atomic E-state index is 0.202. The molecular weight excluding hydrogens is 321 g/mol. The van der Waals surface area contributed by atoms with Gasteiger partial charge in [-0.25, -0.2) is 4.39 Å². The van der Waals surface area contributed by atoms with Gasteiger partial charge in [-0.2, -0.15) is 0 Å². The third-order valence-corrected chi connectivity index (χ3v) is 4.55. The standard InChI is InChI=1S/C19H26FN3O2/c1-21-19(22-8-7-14-5-3-2-4-6-14)23-11-15-9-17(20)10-16-12-24-13-25-18(15)16/h5,9-10H,2-4,6-8,11-13H2,1H3,(H2,21,22,23). The lowest BCUT2D eigenvalue weighted by atomic mass is 9.97. The number of guanidine groups is 1. The third kappa shape index (κ3) is 4.95. The zero-order chi connectivity index (χ0) is 17.5. The first-order chi connectivity index (χ1) is 12.3. The van der Waals surface area contributed by atoms with E-state index in [0.29, 0.717) is 24.9 Å². The molecule has 0 saturated heterocycles. The summed E-state index contributed by atoms with van der Waals surface area (Å²) in [5.41, 5.74) is 3.05. The van der Waals surface area contributed by atoms with E-state index in [1.807, 2.05) is 0 Å². The van der Waals surface area contributed by atoms with Crippen LogP contribution >= 0.6 is 0 Å². The monoisotopic (exact) mass is 347 g/mol. The van der Waals surface area contributed by atoms with E-state index >= 15 is 0 Å². The van der Waals surface area contributed by atoms with Gasteiger partial charge < -0.3 is 20.1 Å². The van der Waals surface area contributed by atoms with Gasteiger partial charge in [-0.1, -0.05) is 11.6 Å². The Kier molecular flexibility index (Phi) is 6.28. The van der Waals surface area contributed by atoms with E-state index < -0.39 is 0 Å². The number of rotatable bonds is 5. The summed E-state index contributed by atoms with van der Waals surface area (Å²) in [7, 11) is 1.74. The first-order valence-corrected chi connectivity index (χ1v) is 8.90. The molecule has 1 aliphatic heterocycles. The van der Waals surface area contributed by atoms with Crippen LogP contribution in [-0.2, 0) is 17.9 Å². The summed E-state index contributed by atoms with van der Waals surface area (Å²) in [6.07, 6.45) is 8.42. The van der Waals surface area contributed by atoms with Crippen LogP contribution in [-0.4, -0.2) is 26.3 Å². The Hall–Kier alpha value is -2.08. The number of benzene rings is 1. The van der Waals surface area contributed by atoms with Crippen molar-refractivity contribution in [2.75, 3.05) is 20.4 Å². The van der Waals surface area contributed by atoms with Crippen LogP contribution in [0.1, 0.15) is 43.2 Å². The minimum atomic E-state index is -0.281. The van der Waals surface area contributed by atoms with Gasteiger partial charge in [0, 0.05) is 31.3 Å². The molecule has 1 heterocycles. The fraction of sp³-hybridized carbons (Fsp3) is 0.526. The average molecular weight is 347 g/mol. The second-order valence-corrected chi connectivity index (χ2v) is 6.37. The number of nitrogens with one attached hydrogen (secondary N) is 2. The van der Waals surface area contributed by atoms with Crippen molar-refractivity contribution < 1.29 is 13.9 Å². The second-order valence-electron chi connectivity index (χ2n) is 6.37. The Morgan fingerprint density at radius 2 is 2.20 bits per heavy atom. The molecule has 1 aliphatic carbocycles. The lowest BCUT2D eigenvalue weighted by Gasteiger charge is -2.21. The maximum atomic E-state index is 13.8. The van der Waals surface area contributed by atoms with Crippen LogP contribution in [0.25, 0.3) is 0 Å². The van der Waals surface area contributed by atoms with Gasteiger partial charge in [0.15, 0.2) is 12.8 Å². The Morgan fingerprint density at radius 3 is 3.00 bits per heavy atom. The number of hydrogen-bond donors (Lipinski definition) is 2. The molecule has 1 aromatic carbocycles. The van der Waals surface area contributed by atoms with Gasteiger partial charge in [0.2, 0.25) is 0 Å². The molecule has 136 valence electrons. The maximum absolute atomic E-state index is 13.8. The smallest absolute Gasteiger partial charge is 0.191 e. The highest BCUT2D eigenvalue weighted by Gasteiger charge is 2.17. The van der Waals surface area contributed by atoms with Gasteiger partial charge in [0.1, 0.15) is 11.6 Å². The zero-order valence-electron chi connectivity index (χ0n) is 14.7. The molecule has 0 bridgehead atoms. The Labute approximate surface area is 148 Å². The Bertz CT molecular complexity index is 658. The molecule has 0 radical (unpaired) electrons. The van der Waals surface area contributed by atoms with E-state index in [1.54, 1.807) is 7.05 Å². The van der Waals surface area contributed by atoms with Crippen molar-refractivity contribution in [2.24, 2.45) is 4.99 Å². The van der Waals surface area contributed by atoms with Gasteiger partial charge >= 0.3 is 0 Å². The van der Waals surface area contributed by atoms with Crippen molar-refractivity contribution >= 4 is 5.96 Å². The summed E-state index contributed by atoms with van der Waals surface area (Å²) in [6.45, 7) is 1.87. The number of halogens is 1. The van der Waals surface area contributed by atoms with Crippen molar-refractivity contribution in [1.82, 2.24) is 10.6 Å². The van der Waals surface area contributed by atoms with Crippen LogP contribution in [0.15, 0.2) is 28.8 Å². The number of allylic oxidation sites excluding steroid dienone is 1. The predicted molar refractivity (Wildman–Crippen MR) is 96.1 cm³/mol. The van der Waals surface area contributed by atoms with Gasteiger partial charge in [0.05, 0.1) is 6.61 Å². The topological polar surface area (TPSA) is 54.9 Å². The average Bonchev–Trinajstić information content (AvgIpc) is 2.65. The Morgan fingerprint density at radius 1 is 1.28 bits per heavy atom. The summed E-state index contributed by atoms with van der Waals surface area (Å²) >= 11 is 0. The van der Waals surface area contributed by atoms with Gasteiger partial charge in [-0.15, -0.1) is 0 Å². The number of ether oxygens (including phenoxy) is 2. The molecule has 0 saturated carbocycles. The van der Waals surface area contributed by atoms with Crippen LogP contribution in [0.2, 0.25) is 0 Å². The minimum Gasteiger partial charge on any atom is -0.467 e. The summed E-state index contributed by atoms with van der Waals surface area (Å²) in [6, 6.07) is 2.96. The van der Waals surface area contributed by atoms with E-state index in [9.17, 15) is 4.39 Å². The van der Waals surface area contributed by atoms with E-state index in [0.717, 1.165) is 24.1 Å². The van der Waals surface area contributed by atoms with E-state index in [4.69, 9.17) is 9.47 Å². The largest absolute Gasteiger partial charge is 0.467 e. The van der Waals surface area contributed by atoms with Crippen LogP contribution in [0.5, 0.6) is 5.75 Å². The summed E-state index contributed by atoms with van der Waals surface area (Å²) < 4.78 is 24.5. The van der Waals surface area contributed by atoms with Crippen molar-refractivity contribution in [3.63, 3.8) is 0 Å². The van der Waals surface area contributed by atoms with Crippen LogP contribution in [0.3, 0.4) is 0 Å². The number of fused-ring (bicyclic) bond motifs is 1. The molecule has 0 spiro atoms. The fourth-order valence-corrected chi connectivity index (χ4v) is 3.26. The highest BCUT2D eigenvalue weighted by molar-refractivity contribution is 5.79. The summed E-state index contributed by atoms with van der Waals surface area (Å²) in [5.74, 6) is 1.14. The molecule has 0 aromatic heterocycles. The van der Waals surface area contributed by atoms with E-state index in [1.165, 1.54) is 43.4 Å². The first-order valence-electron chi connectivity index (χ1n) is 8.90. The number of hydrogen-bond acceptors (Lipinski definition) is 3. The molecule has 2 aliphatic rings. The third-order valence-electron chi connectivity index (χ3n) is 4.55. The highest BCUT2D eigenvalue weighted by atomic mass is 19.1. The molecule has 1 aromatic rings. The summed E-state index contributed by atoms with van der Waals surface area (Å²) in [5, 5.41) is 6.55. The molecular formula is C19H26FN3O2. The maximum Gasteiger partial charge on any atom is 0.191 e. The molecule has 0 fully saturated rings. The van der Waals surface area contributed by atoms with Crippen LogP contribution in [0, 0.1) is 5.82 Å². The van der Waals surface area contributed by atoms with Gasteiger partial charge in [0.25, 0.3) is 0 Å². The molecule has 2 N–H and O–H groups in total. The van der Waals surface area contributed by atoms with Crippen molar-refractivity contribution in [3.05, 3.63) is 40.7 Å². The zero-order valence-corrected chi connectivity index (χ0v) is 14.7. The molecule has 25 heavy (non-hydrogen) atoms. The fourth-order valence-electron chi connectivity index (χ4n) is 3.26. The normalized spacial score (nSPS) is 17.4. The predicted octanol–water partition coefficient (Wildman–Crippen LogP) is 3.25. The highest BCUT2D eigenvalue weighted by Crippen LogP contribution is 2.29. The van der Waals surface area contributed by atoms with Gasteiger partial charge in [-0.05, 0) is 44.2 Å². The van der Waals surface area contributed by atoms with Crippen LogP contribution in [0.4, 0.5) is 4.39 Å². The molecule has 3 rings (SSSR count). The van der Waals surface area contributed by atoms with Crippen molar-refractivity contribution in [3.8, 4) is 5.75 Å². The quantitative estimate of drug-likeness (QED) is 0.488. The number of nitrogens with zero attached hydrogens (tertiary/aromatic N) is 1. The van der Waals surface area contributed by atoms with Crippen LogP contribution < -0.4 is 15.4 Å². The van der Waals surface area contributed by atoms with E-state index in [2.05, 4.69) is 21.7 Å². The van der Waals surface area contributed by atoms with Crippen molar-refractivity contribution in [1.29, 1.82) is 0 Å². The molecule has 0 unspecified atom stereocenters. The molecule has 5 nitrogen and oxygen atoms in total. The lowest BCUT2D eigenvalue weighted by molar-refractivity contribution is -0.0172. The summed E-state index contributed by atoms with van der Waals surface area (Å²) in [4.78, 5) is 4.24. The second kappa shape index (κ2) is 8.85. The van der Waals surface area contributed by atoms with Gasteiger partial charge in [-0.3, -0.25) is 4.99 Å². The SMILES string of the molecule is CN=C(NCCC1=CCCCC1)NCc1cc(F)cc2c1OCOC2. The molecule has 0 amide bonds. The van der Waals surface area contributed by atoms with Crippen molar-refractivity contribution in [2.45, 2.75) is 45.3 Å². The Balaban J connectivity index is 1.53.